The first-order valence-corrected chi connectivity index (χ1v) is 12.3. The second-order valence-electron chi connectivity index (χ2n) is 7.29. The summed E-state index contributed by atoms with van der Waals surface area (Å²) in [5, 5.41) is 2.77. The van der Waals surface area contributed by atoms with Gasteiger partial charge in [-0.25, -0.2) is 8.42 Å². The van der Waals surface area contributed by atoms with Gasteiger partial charge in [-0.05, 0) is 69.0 Å². The van der Waals surface area contributed by atoms with Crippen molar-refractivity contribution in [3.05, 3.63) is 81.8 Å². The van der Waals surface area contributed by atoms with Gasteiger partial charge in [-0.15, -0.1) is 11.8 Å². The fraction of sp³-hybridized carbons (Fsp3) is 0.217. The number of nitrogens with zero attached hydrogens (tertiary/aromatic N) is 1. The highest BCUT2D eigenvalue weighted by atomic mass is 32.2. The molecular formula is C23H24N2O4S2. The van der Waals surface area contributed by atoms with Crippen molar-refractivity contribution in [2.24, 2.45) is 0 Å². The lowest BCUT2D eigenvalue weighted by atomic mass is 10.2. The minimum absolute atomic E-state index is 0.0482. The molecule has 8 heteroatoms. The minimum Gasteiger partial charge on any atom is -0.324 e. The highest BCUT2D eigenvalue weighted by Crippen LogP contribution is 2.22. The van der Waals surface area contributed by atoms with Crippen molar-refractivity contribution in [1.29, 1.82) is 0 Å². The van der Waals surface area contributed by atoms with Crippen LogP contribution in [0.1, 0.15) is 16.8 Å². The number of hydrogen-bond donors (Lipinski definition) is 1. The average Bonchev–Trinajstić information content (AvgIpc) is 2.71. The van der Waals surface area contributed by atoms with E-state index in [4.69, 9.17) is 0 Å². The van der Waals surface area contributed by atoms with Gasteiger partial charge in [0.15, 0.2) is 0 Å². The number of anilines is 1. The van der Waals surface area contributed by atoms with Crippen molar-refractivity contribution < 1.29 is 13.2 Å². The van der Waals surface area contributed by atoms with Gasteiger partial charge in [0.05, 0.1) is 4.90 Å². The zero-order valence-electron chi connectivity index (χ0n) is 17.8. The average molecular weight is 457 g/mol. The number of pyridine rings is 1. The zero-order chi connectivity index (χ0) is 22.8. The number of nitrogens with one attached hydrogen (secondary N) is 1. The van der Waals surface area contributed by atoms with Crippen molar-refractivity contribution in [3.63, 3.8) is 0 Å². The lowest BCUT2D eigenvalue weighted by molar-refractivity contribution is -0.116. The molecule has 3 rings (SSSR count). The number of thioether (sulfide) groups is 1. The summed E-state index contributed by atoms with van der Waals surface area (Å²) in [4.78, 5) is 26.5. The van der Waals surface area contributed by atoms with E-state index in [1.54, 1.807) is 49.9 Å². The summed E-state index contributed by atoms with van der Waals surface area (Å²) in [5.74, 6) is -0.411. The van der Waals surface area contributed by atoms with E-state index in [0.29, 0.717) is 16.9 Å². The molecule has 1 heterocycles. The first-order valence-electron chi connectivity index (χ1n) is 9.60. The van der Waals surface area contributed by atoms with Crippen LogP contribution < -0.4 is 10.9 Å². The second kappa shape index (κ2) is 9.11. The Kier molecular flexibility index (Phi) is 6.71. The van der Waals surface area contributed by atoms with Crippen LogP contribution in [0.2, 0.25) is 0 Å². The van der Waals surface area contributed by atoms with Gasteiger partial charge in [0.2, 0.25) is 15.7 Å². The van der Waals surface area contributed by atoms with E-state index in [2.05, 4.69) is 5.32 Å². The van der Waals surface area contributed by atoms with Gasteiger partial charge in [0, 0.05) is 16.3 Å². The number of sulfone groups is 1. The van der Waals surface area contributed by atoms with Crippen molar-refractivity contribution in [1.82, 2.24) is 4.57 Å². The van der Waals surface area contributed by atoms with Gasteiger partial charge in [0.1, 0.15) is 11.4 Å². The molecule has 1 N–H and O–H groups in total. The van der Waals surface area contributed by atoms with E-state index >= 15 is 0 Å². The molecule has 1 aromatic heterocycles. The van der Waals surface area contributed by atoms with Crippen molar-refractivity contribution in [3.8, 4) is 0 Å². The van der Waals surface area contributed by atoms with E-state index in [1.165, 1.54) is 16.7 Å². The Balaban J connectivity index is 1.98. The molecule has 0 unspecified atom stereocenters. The van der Waals surface area contributed by atoms with Gasteiger partial charge in [-0.3, -0.25) is 9.59 Å². The van der Waals surface area contributed by atoms with Crippen LogP contribution in [0, 0.1) is 20.8 Å². The number of carbonyl (C=O) groups is 1. The highest BCUT2D eigenvalue weighted by Gasteiger charge is 2.26. The van der Waals surface area contributed by atoms with Gasteiger partial charge in [-0.2, -0.15) is 0 Å². The standard InChI is InChI=1S/C23H24N2O4S2/c1-15-8-10-20(11-9-15)31(28,29)22-16(2)12-17(3)25(23(22)27)14-21(26)24-18-6-5-7-19(13-18)30-4/h5-13H,14H2,1-4H3,(H,24,26). The third-order valence-corrected chi connectivity index (χ3v) is 7.56. The fourth-order valence-electron chi connectivity index (χ4n) is 3.31. The summed E-state index contributed by atoms with van der Waals surface area (Å²) < 4.78 is 27.6. The van der Waals surface area contributed by atoms with Gasteiger partial charge < -0.3 is 9.88 Å². The van der Waals surface area contributed by atoms with Crippen LogP contribution in [0.5, 0.6) is 0 Å². The van der Waals surface area contributed by atoms with E-state index in [9.17, 15) is 18.0 Å². The lowest BCUT2D eigenvalue weighted by Gasteiger charge is -2.15. The predicted molar refractivity (Wildman–Crippen MR) is 124 cm³/mol. The Morgan fingerprint density at radius 3 is 2.35 bits per heavy atom. The zero-order valence-corrected chi connectivity index (χ0v) is 19.4. The molecule has 0 aliphatic heterocycles. The molecule has 31 heavy (non-hydrogen) atoms. The molecule has 1 amide bonds. The third-order valence-electron chi connectivity index (χ3n) is 4.90. The Hall–Kier alpha value is -2.84. The maximum absolute atomic E-state index is 13.2. The van der Waals surface area contributed by atoms with Crippen molar-refractivity contribution in [2.75, 3.05) is 11.6 Å². The summed E-state index contributed by atoms with van der Waals surface area (Å²) >= 11 is 1.55. The highest BCUT2D eigenvalue weighted by molar-refractivity contribution is 7.98. The Bertz CT molecular complexity index is 1290. The summed E-state index contributed by atoms with van der Waals surface area (Å²) in [5.41, 5.74) is 1.69. The fourth-order valence-corrected chi connectivity index (χ4v) is 5.32. The first-order chi connectivity index (χ1) is 14.6. The summed E-state index contributed by atoms with van der Waals surface area (Å²) in [6.07, 6.45) is 1.94. The molecule has 162 valence electrons. The summed E-state index contributed by atoms with van der Waals surface area (Å²) in [6, 6.07) is 15.3. The Labute approximate surface area is 186 Å². The molecule has 0 fully saturated rings. The first kappa shape index (κ1) is 22.8. The van der Waals surface area contributed by atoms with E-state index in [-0.39, 0.29) is 16.3 Å². The number of aryl methyl sites for hydroxylation is 3. The van der Waals surface area contributed by atoms with Crippen molar-refractivity contribution in [2.45, 2.75) is 42.0 Å². The SMILES string of the molecule is CSc1cccc(NC(=O)Cn2c(C)cc(C)c(S(=O)(=O)c3ccc(C)cc3)c2=O)c1. The number of hydrogen-bond acceptors (Lipinski definition) is 5. The molecule has 0 bridgehead atoms. The van der Waals surface area contributed by atoms with Gasteiger partial charge >= 0.3 is 0 Å². The number of aromatic nitrogens is 1. The lowest BCUT2D eigenvalue weighted by Crippen LogP contribution is -2.33. The van der Waals surface area contributed by atoms with E-state index < -0.39 is 21.3 Å². The molecule has 2 aromatic carbocycles. The number of carbonyl (C=O) groups excluding carboxylic acids is 1. The summed E-state index contributed by atoms with van der Waals surface area (Å²) in [7, 11) is -4.03. The summed E-state index contributed by atoms with van der Waals surface area (Å²) in [6.45, 7) is 4.84. The second-order valence-corrected chi connectivity index (χ2v) is 10.1. The predicted octanol–water partition coefficient (Wildman–Crippen LogP) is 3.97. The number of amides is 1. The molecule has 6 nitrogen and oxygen atoms in total. The van der Waals surface area contributed by atoms with Crippen LogP contribution in [0.3, 0.4) is 0 Å². The maximum atomic E-state index is 13.2. The van der Waals surface area contributed by atoms with Crippen LogP contribution in [0.25, 0.3) is 0 Å². The minimum atomic E-state index is -4.03. The van der Waals surface area contributed by atoms with Gasteiger partial charge in [0.25, 0.3) is 5.56 Å². The maximum Gasteiger partial charge on any atom is 0.270 e. The Morgan fingerprint density at radius 2 is 1.71 bits per heavy atom. The van der Waals surface area contributed by atoms with Crippen LogP contribution in [-0.2, 0) is 21.2 Å². The van der Waals surface area contributed by atoms with Crippen LogP contribution in [0.4, 0.5) is 5.69 Å². The number of rotatable bonds is 6. The molecule has 0 saturated carbocycles. The molecule has 3 aromatic rings. The molecule has 0 atom stereocenters. The molecular weight excluding hydrogens is 432 g/mol. The molecule has 0 spiro atoms. The largest absolute Gasteiger partial charge is 0.324 e. The van der Waals surface area contributed by atoms with Crippen LogP contribution >= 0.6 is 11.8 Å². The molecule has 0 saturated heterocycles. The smallest absolute Gasteiger partial charge is 0.270 e. The topological polar surface area (TPSA) is 85.2 Å². The normalized spacial score (nSPS) is 11.4. The van der Waals surface area contributed by atoms with E-state index in [0.717, 1.165) is 10.5 Å². The third kappa shape index (κ3) is 4.91. The van der Waals surface area contributed by atoms with Crippen LogP contribution in [0.15, 0.2) is 74.1 Å². The van der Waals surface area contributed by atoms with Crippen LogP contribution in [-0.4, -0.2) is 25.1 Å². The van der Waals surface area contributed by atoms with Gasteiger partial charge in [-0.1, -0.05) is 23.8 Å². The molecule has 0 radical (unpaired) electrons. The number of benzene rings is 2. The Morgan fingerprint density at radius 1 is 1.03 bits per heavy atom. The molecule has 0 aliphatic carbocycles. The molecule has 0 aliphatic rings. The quantitative estimate of drug-likeness (QED) is 0.568. The monoisotopic (exact) mass is 456 g/mol. The van der Waals surface area contributed by atoms with Crippen molar-refractivity contribution >= 4 is 33.2 Å². The van der Waals surface area contributed by atoms with E-state index in [1.807, 2.05) is 31.4 Å².